The van der Waals surface area contributed by atoms with Crippen LogP contribution in [-0.4, -0.2) is 11.1 Å². The largest absolute Gasteiger partial charge is 0.479 e. The van der Waals surface area contributed by atoms with Gasteiger partial charge in [-0.1, -0.05) is 23.2 Å². The SMILES string of the molecule is O=C(O)C(F)c1cc(Cl)ccc1Cl. The third-order valence-electron chi connectivity index (χ3n) is 1.45. The molecule has 0 aliphatic rings. The van der Waals surface area contributed by atoms with Crippen molar-refractivity contribution in [1.82, 2.24) is 0 Å². The molecule has 0 heterocycles. The maximum atomic E-state index is 13.0. The molecule has 0 saturated carbocycles. The molecule has 13 heavy (non-hydrogen) atoms. The van der Waals surface area contributed by atoms with Crippen molar-refractivity contribution >= 4 is 29.2 Å². The molecule has 1 rings (SSSR count). The number of hydrogen-bond donors (Lipinski definition) is 1. The average Bonchev–Trinajstić information content (AvgIpc) is 2.08. The Bertz CT molecular complexity index is 341. The van der Waals surface area contributed by atoms with Crippen LogP contribution in [0.4, 0.5) is 4.39 Å². The maximum absolute atomic E-state index is 13.0. The predicted molar refractivity (Wildman–Crippen MR) is 47.9 cm³/mol. The van der Waals surface area contributed by atoms with Crippen LogP contribution in [0.3, 0.4) is 0 Å². The molecule has 2 nitrogen and oxygen atoms in total. The molecule has 1 aromatic carbocycles. The summed E-state index contributed by atoms with van der Waals surface area (Å²) in [5.74, 6) is -1.58. The average molecular weight is 223 g/mol. The smallest absolute Gasteiger partial charge is 0.343 e. The molecule has 0 saturated heterocycles. The minimum absolute atomic E-state index is 0.0549. The van der Waals surface area contributed by atoms with Gasteiger partial charge >= 0.3 is 5.97 Å². The minimum atomic E-state index is -2.13. The zero-order valence-corrected chi connectivity index (χ0v) is 7.81. The number of rotatable bonds is 2. The van der Waals surface area contributed by atoms with E-state index in [0.29, 0.717) is 0 Å². The van der Waals surface area contributed by atoms with Crippen LogP contribution in [0.2, 0.25) is 10.0 Å². The molecule has 0 aromatic heterocycles. The molecule has 0 aliphatic carbocycles. The second-order valence-electron chi connectivity index (χ2n) is 2.37. The normalized spacial score (nSPS) is 12.5. The van der Waals surface area contributed by atoms with Gasteiger partial charge < -0.3 is 5.11 Å². The standard InChI is InChI=1S/C8H5Cl2FO2/c9-4-1-2-6(10)5(3-4)7(11)8(12)13/h1-3,7H,(H,12,13). The summed E-state index contributed by atoms with van der Waals surface area (Å²) in [6.45, 7) is 0. The van der Waals surface area contributed by atoms with Gasteiger partial charge in [0.2, 0.25) is 6.17 Å². The Kier molecular flexibility index (Phi) is 3.12. The van der Waals surface area contributed by atoms with Crippen molar-refractivity contribution in [1.29, 1.82) is 0 Å². The number of halogens is 3. The Morgan fingerprint density at radius 1 is 1.46 bits per heavy atom. The third kappa shape index (κ3) is 2.32. The highest BCUT2D eigenvalue weighted by Crippen LogP contribution is 2.28. The van der Waals surface area contributed by atoms with E-state index in [1.54, 1.807) is 0 Å². The molecule has 0 amide bonds. The fourth-order valence-corrected chi connectivity index (χ4v) is 1.24. The van der Waals surface area contributed by atoms with Gasteiger partial charge in [0.05, 0.1) is 0 Å². The Hall–Kier alpha value is -0.800. The Morgan fingerprint density at radius 2 is 2.08 bits per heavy atom. The van der Waals surface area contributed by atoms with Gasteiger partial charge in [-0.25, -0.2) is 9.18 Å². The molecule has 0 radical (unpaired) electrons. The van der Waals surface area contributed by atoms with E-state index in [1.807, 2.05) is 0 Å². The van der Waals surface area contributed by atoms with Crippen molar-refractivity contribution in [2.45, 2.75) is 6.17 Å². The quantitative estimate of drug-likeness (QED) is 0.836. The van der Waals surface area contributed by atoms with Gasteiger partial charge in [0, 0.05) is 15.6 Å². The molecule has 70 valence electrons. The molecule has 0 bridgehead atoms. The summed E-state index contributed by atoms with van der Waals surface area (Å²) in [7, 11) is 0. The van der Waals surface area contributed by atoms with Gasteiger partial charge in [-0.15, -0.1) is 0 Å². The number of carboxylic acid groups (broad SMARTS) is 1. The van der Waals surface area contributed by atoms with Gasteiger partial charge in [0.1, 0.15) is 0 Å². The zero-order valence-electron chi connectivity index (χ0n) is 6.30. The highest BCUT2D eigenvalue weighted by Gasteiger charge is 2.21. The first-order valence-electron chi connectivity index (χ1n) is 3.34. The molecule has 1 N–H and O–H groups in total. The fourth-order valence-electron chi connectivity index (χ4n) is 0.842. The van der Waals surface area contributed by atoms with E-state index < -0.39 is 12.1 Å². The summed E-state index contributed by atoms with van der Waals surface area (Å²) < 4.78 is 13.0. The van der Waals surface area contributed by atoms with Crippen LogP contribution in [0.25, 0.3) is 0 Å². The molecule has 1 atom stereocenters. The van der Waals surface area contributed by atoms with Crippen molar-refractivity contribution in [3.05, 3.63) is 33.8 Å². The molecule has 0 fully saturated rings. The summed E-state index contributed by atoms with van der Waals surface area (Å²) >= 11 is 11.1. The van der Waals surface area contributed by atoms with Crippen LogP contribution < -0.4 is 0 Å². The topological polar surface area (TPSA) is 37.3 Å². The maximum Gasteiger partial charge on any atom is 0.343 e. The van der Waals surface area contributed by atoms with Crippen LogP contribution in [0, 0.1) is 0 Å². The summed E-state index contributed by atoms with van der Waals surface area (Å²) in [5, 5.41) is 8.68. The number of alkyl halides is 1. The Balaban J connectivity index is 3.12. The van der Waals surface area contributed by atoms with E-state index in [1.165, 1.54) is 18.2 Å². The fraction of sp³-hybridized carbons (Fsp3) is 0.125. The van der Waals surface area contributed by atoms with E-state index in [4.69, 9.17) is 28.3 Å². The third-order valence-corrected chi connectivity index (χ3v) is 2.03. The molecule has 0 aliphatic heterocycles. The monoisotopic (exact) mass is 222 g/mol. The van der Waals surface area contributed by atoms with Crippen LogP contribution in [0.15, 0.2) is 18.2 Å². The number of aliphatic carboxylic acids is 1. The summed E-state index contributed by atoms with van der Waals surface area (Å²) in [6, 6.07) is 4.01. The number of hydrogen-bond acceptors (Lipinski definition) is 1. The molecule has 1 aromatic rings. The highest BCUT2D eigenvalue weighted by molar-refractivity contribution is 6.33. The minimum Gasteiger partial charge on any atom is -0.479 e. The molecular weight excluding hydrogens is 218 g/mol. The van der Waals surface area contributed by atoms with Crippen LogP contribution in [-0.2, 0) is 4.79 Å². The first-order chi connectivity index (χ1) is 6.02. The lowest BCUT2D eigenvalue weighted by Crippen LogP contribution is -2.06. The first-order valence-corrected chi connectivity index (χ1v) is 4.10. The first kappa shape index (κ1) is 10.3. The lowest BCUT2D eigenvalue weighted by molar-refractivity contribution is -0.143. The molecule has 5 heteroatoms. The van der Waals surface area contributed by atoms with E-state index in [2.05, 4.69) is 0 Å². The van der Waals surface area contributed by atoms with Crippen LogP contribution in [0.5, 0.6) is 0 Å². The van der Waals surface area contributed by atoms with E-state index in [0.717, 1.165) is 0 Å². The Labute approximate surface area is 83.9 Å². The predicted octanol–water partition coefficient (Wildman–Crippen LogP) is 3.09. The number of carboxylic acids is 1. The van der Waals surface area contributed by atoms with E-state index >= 15 is 0 Å². The molecule has 0 spiro atoms. The Morgan fingerprint density at radius 3 is 2.62 bits per heavy atom. The lowest BCUT2D eigenvalue weighted by Gasteiger charge is -2.05. The van der Waals surface area contributed by atoms with Gasteiger partial charge in [0.15, 0.2) is 0 Å². The summed E-state index contributed by atoms with van der Waals surface area (Å²) in [5.41, 5.74) is -0.123. The highest BCUT2D eigenvalue weighted by atomic mass is 35.5. The van der Waals surface area contributed by atoms with Crippen LogP contribution >= 0.6 is 23.2 Å². The number of carbonyl (C=O) groups is 1. The van der Waals surface area contributed by atoms with Crippen molar-refractivity contribution in [3.8, 4) is 0 Å². The van der Waals surface area contributed by atoms with Crippen LogP contribution in [0.1, 0.15) is 11.7 Å². The van der Waals surface area contributed by atoms with E-state index in [9.17, 15) is 9.18 Å². The summed E-state index contributed by atoms with van der Waals surface area (Å²) in [4.78, 5) is 10.3. The van der Waals surface area contributed by atoms with Gasteiger partial charge in [-0.2, -0.15) is 0 Å². The van der Waals surface area contributed by atoms with Crippen molar-refractivity contribution < 1.29 is 14.3 Å². The van der Waals surface area contributed by atoms with Gasteiger partial charge in [-0.05, 0) is 18.2 Å². The summed E-state index contributed by atoms with van der Waals surface area (Å²) in [6.07, 6.45) is -2.13. The molecule has 1 unspecified atom stereocenters. The van der Waals surface area contributed by atoms with E-state index in [-0.39, 0.29) is 15.6 Å². The van der Waals surface area contributed by atoms with Crippen molar-refractivity contribution in [2.24, 2.45) is 0 Å². The second kappa shape index (κ2) is 3.94. The second-order valence-corrected chi connectivity index (χ2v) is 3.21. The number of benzene rings is 1. The van der Waals surface area contributed by atoms with Gasteiger partial charge in [0.25, 0.3) is 0 Å². The van der Waals surface area contributed by atoms with Crippen molar-refractivity contribution in [2.75, 3.05) is 0 Å². The van der Waals surface area contributed by atoms with Crippen molar-refractivity contribution in [3.63, 3.8) is 0 Å². The lowest BCUT2D eigenvalue weighted by atomic mass is 10.1. The molecular formula is C8H5Cl2FO2. The van der Waals surface area contributed by atoms with Gasteiger partial charge in [-0.3, -0.25) is 0 Å². The zero-order chi connectivity index (χ0) is 10.0.